The van der Waals surface area contributed by atoms with Crippen LogP contribution in [0.25, 0.3) is 0 Å². The van der Waals surface area contributed by atoms with Gasteiger partial charge >= 0.3 is 0 Å². The van der Waals surface area contributed by atoms with Crippen molar-refractivity contribution in [3.63, 3.8) is 0 Å². The summed E-state index contributed by atoms with van der Waals surface area (Å²) < 4.78 is 5.79. The third kappa shape index (κ3) is 5.73. The van der Waals surface area contributed by atoms with Gasteiger partial charge in [-0.25, -0.2) is 0 Å². The number of nitrogens with zero attached hydrogens (tertiary/aromatic N) is 1. The van der Waals surface area contributed by atoms with E-state index in [0.717, 1.165) is 67.0 Å². The lowest BCUT2D eigenvalue weighted by atomic mass is 10.0. The summed E-state index contributed by atoms with van der Waals surface area (Å²) >= 11 is 0. The molecule has 0 aliphatic carbocycles. The molecule has 2 aromatic rings. The van der Waals surface area contributed by atoms with E-state index in [4.69, 9.17) is 10.5 Å². The fourth-order valence-electron chi connectivity index (χ4n) is 3.86. The normalized spacial score (nSPS) is 15.3. The van der Waals surface area contributed by atoms with Crippen LogP contribution >= 0.6 is 0 Å². The molecule has 3 rings (SSSR count). The lowest BCUT2D eigenvalue weighted by Crippen LogP contribution is -2.46. The van der Waals surface area contributed by atoms with E-state index in [1.54, 1.807) is 0 Å². The molecule has 156 valence electrons. The number of carbonyl (C=O) groups excluding carboxylic acids is 1. The van der Waals surface area contributed by atoms with Gasteiger partial charge in [-0.2, -0.15) is 0 Å². The molecule has 5 heteroatoms. The molecule has 1 saturated heterocycles. The van der Waals surface area contributed by atoms with Crippen molar-refractivity contribution < 1.29 is 9.53 Å². The lowest BCUT2D eigenvalue weighted by molar-refractivity contribution is -0.124. The van der Waals surface area contributed by atoms with Crippen molar-refractivity contribution in [3.8, 4) is 5.75 Å². The number of amides is 1. The van der Waals surface area contributed by atoms with Gasteiger partial charge in [0.25, 0.3) is 5.91 Å². The lowest BCUT2D eigenvalue weighted by Gasteiger charge is -2.32. The highest BCUT2D eigenvalue weighted by atomic mass is 16.5. The van der Waals surface area contributed by atoms with Gasteiger partial charge in [0.2, 0.25) is 0 Å². The molecule has 29 heavy (non-hydrogen) atoms. The molecule has 0 atom stereocenters. The molecular weight excluding hydrogens is 362 g/mol. The van der Waals surface area contributed by atoms with E-state index in [-0.39, 0.29) is 18.6 Å². The highest BCUT2D eigenvalue weighted by molar-refractivity contribution is 5.78. The summed E-state index contributed by atoms with van der Waals surface area (Å²) in [4.78, 5) is 14.8. The Labute approximate surface area is 174 Å². The Hall–Kier alpha value is -2.53. The molecule has 0 aromatic heterocycles. The van der Waals surface area contributed by atoms with Crippen LogP contribution in [0.15, 0.2) is 36.4 Å². The van der Waals surface area contributed by atoms with Crippen LogP contribution in [0, 0.1) is 20.8 Å². The van der Waals surface area contributed by atoms with Crippen molar-refractivity contribution >= 4 is 11.6 Å². The number of ether oxygens (including phenoxy) is 1. The SMILES string of the molecule is Cc1cc(OCC(=O)NC2CCN(CCc3ccccc3)CC2)c(C)c(C)c1N. The first kappa shape index (κ1) is 21.2. The second-order valence-electron chi connectivity index (χ2n) is 8.06. The quantitative estimate of drug-likeness (QED) is 0.705. The zero-order chi connectivity index (χ0) is 20.8. The average Bonchev–Trinajstić information content (AvgIpc) is 2.74. The summed E-state index contributed by atoms with van der Waals surface area (Å²) in [7, 11) is 0. The largest absolute Gasteiger partial charge is 0.483 e. The second kappa shape index (κ2) is 9.79. The number of hydrogen-bond acceptors (Lipinski definition) is 4. The smallest absolute Gasteiger partial charge is 0.258 e. The third-order valence-corrected chi connectivity index (χ3v) is 5.98. The van der Waals surface area contributed by atoms with E-state index < -0.39 is 0 Å². The van der Waals surface area contributed by atoms with Gasteiger partial charge in [-0.1, -0.05) is 30.3 Å². The molecule has 0 unspecified atom stereocenters. The van der Waals surface area contributed by atoms with Crippen LogP contribution in [-0.2, 0) is 11.2 Å². The Morgan fingerprint density at radius 1 is 1.14 bits per heavy atom. The zero-order valence-electron chi connectivity index (χ0n) is 17.8. The Morgan fingerprint density at radius 3 is 2.52 bits per heavy atom. The number of nitrogens with two attached hydrogens (primary N) is 1. The van der Waals surface area contributed by atoms with E-state index in [9.17, 15) is 4.79 Å². The number of aryl methyl sites for hydroxylation is 1. The number of benzene rings is 2. The van der Waals surface area contributed by atoms with Crippen LogP contribution in [0.1, 0.15) is 35.1 Å². The van der Waals surface area contributed by atoms with E-state index in [1.807, 2.05) is 26.8 Å². The van der Waals surface area contributed by atoms with Gasteiger partial charge in [0, 0.05) is 31.4 Å². The molecule has 3 N–H and O–H groups in total. The number of rotatable bonds is 7. The third-order valence-electron chi connectivity index (χ3n) is 5.98. The number of anilines is 1. The van der Waals surface area contributed by atoms with Crippen molar-refractivity contribution in [1.29, 1.82) is 0 Å². The Bertz CT molecular complexity index is 828. The molecule has 5 nitrogen and oxygen atoms in total. The monoisotopic (exact) mass is 395 g/mol. The van der Waals surface area contributed by atoms with E-state index >= 15 is 0 Å². The number of likely N-dealkylation sites (tertiary alicyclic amines) is 1. The minimum Gasteiger partial charge on any atom is -0.483 e. The molecule has 0 spiro atoms. The van der Waals surface area contributed by atoms with Gasteiger partial charge in [-0.15, -0.1) is 0 Å². The van der Waals surface area contributed by atoms with E-state index in [1.165, 1.54) is 5.56 Å². The molecule has 1 aliphatic rings. The number of nitrogens with one attached hydrogen (secondary N) is 1. The Kier molecular flexibility index (Phi) is 7.15. The number of carbonyl (C=O) groups is 1. The predicted molar refractivity (Wildman–Crippen MR) is 118 cm³/mol. The van der Waals surface area contributed by atoms with Gasteiger partial charge in [-0.3, -0.25) is 4.79 Å². The van der Waals surface area contributed by atoms with Crippen LogP contribution in [-0.4, -0.2) is 43.1 Å². The minimum atomic E-state index is -0.0562. The van der Waals surface area contributed by atoms with Crippen molar-refractivity contribution in [1.82, 2.24) is 10.2 Å². The van der Waals surface area contributed by atoms with Crippen molar-refractivity contribution in [2.45, 2.75) is 46.1 Å². The first-order valence-corrected chi connectivity index (χ1v) is 10.5. The van der Waals surface area contributed by atoms with Crippen LogP contribution in [0.2, 0.25) is 0 Å². The van der Waals surface area contributed by atoms with Gasteiger partial charge < -0.3 is 20.7 Å². The maximum atomic E-state index is 12.4. The maximum Gasteiger partial charge on any atom is 0.258 e. The fourth-order valence-corrected chi connectivity index (χ4v) is 3.86. The average molecular weight is 396 g/mol. The van der Waals surface area contributed by atoms with Crippen molar-refractivity contribution in [2.75, 3.05) is 32.0 Å². The predicted octanol–water partition coefficient (Wildman–Crippen LogP) is 3.40. The number of nitrogen functional groups attached to an aromatic ring is 1. The second-order valence-corrected chi connectivity index (χ2v) is 8.06. The fraction of sp³-hybridized carbons (Fsp3) is 0.458. The van der Waals surface area contributed by atoms with Gasteiger partial charge in [0.05, 0.1) is 0 Å². The van der Waals surface area contributed by atoms with Crippen molar-refractivity contribution in [3.05, 3.63) is 58.7 Å². The maximum absolute atomic E-state index is 12.4. The summed E-state index contributed by atoms with van der Waals surface area (Å²) in [6.07, 6.45) is 3.05. The molecule has 1 heterocycles. The van der Waals surface area contributed by atoms with Crippen LogP contribution < -0.4 is 15.8 Å². The molecule has 0 bridgehead atoms. The van der Waals surface area contributed by atoms with E-state index in [2.05, 4.69) is 40.5 Å². The van der Waals surface area contributed by atoms with Gasteiger partial charge in [0.1, 0.15) is 5.75 Å². The molecule has 0 radical (unpaired) electrons. The molecule has 0 saturated carbocycles. The highest BCUT2D eigenvalue weighted by Crippen LogP contribution is 2.29. The summed E-state index contributed by atoms with van der Waals surface area (Å²) in [5, 5.41) is 3.13. The topological polar surface area (TPSA) is 67.6 Å². The zero-order valence-corrected chi connectivity index (χ0v) is 17.8. The first-order valence-electron chi connectivity index (χ1n) is 10.5. The Morgan fingerprint density at radius 2 is 1.83 bits per heavy atom. The van der Waals surface area contributed by atoms with Crippen LogP contribution in [0.3, 0.4) is 0 Å². The highest BCUT2D eigenvalue weighted by Gasteiger charge is 2.21. The molecule has 1 fully saturated rings. The minimum absolute atomic E-state index is 0.0395. The summed E-state index contributed by atoms with van der Waals surface area (Å²) in [6.45, 7) is 9.07. The molecule has 1 amide bonds. The summed E-state index contributed by atoms with van der Waals surface area (Å²) in [5.41, 5.74) is 11.2. The molecule has 2 aromatic carbocycles. The van der Waals surface area contributed by atoms with Gasteiger partial charge in [0.15, 0.2) is 6.61 Å². The Balaban J connectivity index is 1.40. The first-order chi connectivity index (χ1) is 13.9. The van der Waals surface area contributed by atoms with Crippen LogP contribution in [0.4, 0.5) is 5.69 Å². The summed E-state index contributed by atoms with van der Waals surface area (Å²) in [6, 6.07) is 12.7. The van der Waals surface area contributed by atoms with Crippen LogP contribution in [0.5, 0.6) is 5.75 Å². The standard InChI is InChI=1S/C24H33N3O2/c1-17-15-22(18(2)19(3)24(17)25)29-16-23(28)26-21-10-13-27(14-11-21)12-9-20-7-5-4-6-8-20/h4-8,15,21H,9-14,16,25H2,1-3H3,(H,26,28). The molecular formula is C24H33N3O2. The summed E-state index contributed by atoms with van der Waals surface area (Å²) in [5.74, 6) is 0.680. The van der Waals surface area contributed by atoms with Gasteiger partial charge in [-0.05, 0) is 68.4 Å². The van der Waals surface area contributed by atoms with Crippen molar-refractivity contribution in [2.24, 2.45) is 0 Å². The number of hydrogen-bond donors (Lipinski definition) is 2. The number of piperidine rings is 1. The molecule has 1 aliphatic heterocycles. The van der Waals surface area contributed by atoms with E-state index in [0.29, 0.717) is 0 Å².